The molecule has 2 rings (SSSR count). The summed E-state index contributed by atoms with van der Waals surface area (Å²) in [7, 11) is 0. The lowest BCUT2D eigenvalue weighted by molar-refractivity contribution is 0.0948. The Balaban J connectivity index is 1.78. The van der Waals surface area contributed by atoms with Gasteiger partial charge in [-0.05, 0) is 60.1 Å². The lowest BCUT2D eigenvalue weighted by atomic mass is 10.2. The minimum atomic E-state index is -0.0609. The van der Waals surface area contributed by atoms with Crippen molar-refractivity contribution < 1.29 is 4.79 Å². The van der Waals surface area contributed by atoms with Crippen LogP contribution in [0, 0.1) is 0 Å². The predicted octanol–water partition coefficient (Wildman–Crippen LogP) is 3.71. The molecule has 0 radical (unpaired) electrons. The Morgan fingerprint density at radius 3 is 2.60 bits per heavy atom. The van der Waals surface area contributed by atoms with E-state index in [1.165, 1.54) is 25.7 Å². The van der Waals surface area contributed by atoms with Crippen LogP contribution in [-0.2, 0) is 0 Å². The fourth-order valence-electron chi connectivity index (χ4n) is 2.43. The van der Waals surface area contributed by atoms with Crippen molar-refractivity contribution in [2.75, 3.05) is 26.2 Å². The zero-order chi connectivity index (χ0) is 14.4. The molecule has 1 aromatic rings. The zero-order valence-electron chi connectivity index (χ0n) is 11.5. The van der Waals surface area contributed by atoms with Gasteiger partial charge in [0.05, 0.1) is 5.02 Å². The summed E-state index contributed by atoms with van der Waals surface area (Å²) in [6.45, 7) is 3.92. The molecule has 0 spiro atoms. The van der Waals surface area contributed by atoms with Crippen molar-refractivity contribution in [3.63, 3.8) is 0 Å². The third-order valence-corrected chi connectivity index (χ3v) is 4.83. The van der Waals surface area contributed by atoms with Crippen molar-refractivity contribution in [1.82, 2.24) is 10.2 Å². The Morgan fingerprint density at radius 2 is 1.95 bits per heavy atom. The molecule has 0 bridgehead atoms. The highest BCUT2D eigenvalue weighted by atomic mass is 79.9. The first-order chi connectivity index (χ1) is 9.66. The maximum atomic E-state index is 12.0. The molecule has 1 amide bonds. The van der Waals surface area contributed by atoms with E-state index in [1.54, 1.807) is 18.2 Å². The van der Waals surface area contributed by atoms with Crippen LogP contribution in [0.1, 0.15) is 36.0 Å². The Labute approximate surface area is 133 Å². The van der Waals surface area contributed by atoms with E-state index in [9.17, 15) is 4.79 Å². The average molecular weight is 360 g/mol. The Morgan fingerprint density at radius 1 is 1.25 bits per heavy atom. The van der Waals surface area contributed by atoms with Gasteiger partial charge in [0.15, 0.2) is 0 Å². The molecule has 1 heterocycles. The lowest BCUT2D eigenvalue weighted by Crippen LogP contribution is -2.35. The van der Waals surface area contributed by atoms with Crippen molar-refractivity contribution in [2.24, 2.45) is 0 Å². The van der Waals surface area contributed by atoms with Crippen LogP contribution in [0.3, 0.4) is 0 Å². The molecule has 0 aliphatic carbocycles. The van der Waals surface area contributed by atoms with E-state index in [4.69, 9.17) is 11.6 Å². The maximum Gasteiger partial charge on any atom is 0.251 e. The molecule has 1 aliphatic rings. The molecule has 1 aromatic carbocycles. The molecule has 1 fully saturated rings. The smallest absolute Gasteiger partial charge is 0.251 e. The second kappa shape index (κ2) is 8.01. The van der Waals surface area contributed by atoms with Gasteiger partial charge in [0.1, 0.15) is 0 Å². The number of nitrogens with one attached hydrogen (secondary N) is 1. The van der Waals surface area contributed by atoms with E-state index in [0.29, 0.717) is 17.1 Å². The van der Waals surface area contributed by atoms with Crippen molar-refractivity contribution in [3.05, 3.63) is 33.3 Å². The normalized spacial score (nSPS) is 16.7. The van der Waals surface area contributed by atoms with Crippen LogP contribution in [-0.4, -0.2) is 37.0 Å². The molecule has 0 atom stereocenters. The number of carbonyl (C=O) groups is 1. The van der Waals surface area contributed by atoms with Crippen LogP contribution in [0.2, 0.25) is 5.02 Å². The van der Waals surface area contributed by atoms with E-state index in [0.717, 1.165) is 24.1 Å². The average Bonchev–Trinajstić information content (AvgIpc) is 2.70. The quantitative estimate of drug-likeness (QED) is 0.889. The van der Waals surface area contributed by atoms with Gasteiger partial charge < -0.3 is 10.2 Å². The molecule has 3 nitrogen and oxygen atoms in total. The van der Waals surface area contributed by atoms with E-state index in [-0.39, 0.29) is 5.91 Å². The minimum Gasteiger partial charge on any atom is -0.351 e. The molecule has 1 aliphatic heterocycles. The molecule has 0 saturated carbocycles. The van der Waals surface area contributed by atoms with E-state index in [1.807, 2.05) is 0 Å². The molecule has 0 aromatic heterocycles. The van der Waals surface area contributed by atoms with Gasteiger partial charge in [-0.2, -0.15) is 0 Å². The molecular formula is C15H20BrClN2O. The highest BCUT2D eigenvalue weighted by Crippen LogP contribution is 2.23. The van der Waals surface area contributed by atoms with Crippen molar-refractivity contribution in [1.29, 1.82) is 0 Å². The van der Waals surface area contributed by atoms with Crippen LogP contribution in [0.25, 0.3) is 0 Å². The summed E-state index contributed by atoms with van der Waals surface area (Å²) in [5, 5.41) is 3.52. The summed E-state index contributed by atoms with van der Waals surface area (Å²) in [6, 6.07) is 5.26. The van der Waals surface area contributed by atoms with E-state index >= 15 is 0 Å². The largest absolute Gasteiger partial charge is 0.351 e. The topological polar surface area (TPSA) is 32.3 Å². The van der Waals surface area contributed by atoms with Gasteiger partial charge >= 0.3 is 0 Å². The number of hydrogen-bond acceptors (Lipinski definition) is 2. The number of amides is 1. The second-order valence-corrected chi connectivity index (χ2v) is 6.40. The van der Waals surface area contributed by atoms with Crippen LogP contribution in [0.5, 0.6) is 0 Å². The number of benzene rings is 1. The van der Waals surface area contributed by atoms with Gasteiger partial charge in [0, 0.05) is 23.1 Å². The minimum absolute atomic E-state index is 0.0609. The summed E-state index contributed by atoms with van der Waals surface area (Å²) in [5.74, 6) is -0.0609. The summed E-state index contributed by atoms with van der Waals surface area (Å²) >= 11 is 9.32. The van der Waals surface area contributed by atoms with Gasteiger partial charge in [0.2, 0.25) is 0 Å². The second-order valence-electron chi connectivity index (χ2n) is 5.14. The summed E-state index contributed by atoms with van der Waals surface area (Å²) in [5.41, 5.74) is 0.606. The molecule has 5 heteroatoms. The maximum absolute atomic E-state index is 12.0. The van der Waals surface area contributed by atoms with E-state index < -0.39 is 0 Å². The van der Waals surface area contributed by atoms with Gasteiger partial charge in [-0.3, -0.25) is 4.79 Å². The summed E-state index contributed by atoms with van der Waals surface area (Å²) < 4.78 is 0.806. The number of nitrogens with zero attached hydrogens (tertiary/aromatic N) is 1. The number of hydrogen-bond donors (Lipinski definition) is 1. The molecule has 20 heavy (non-hydrogen) atoms. The molecule has 110 valence electrons. The number of halogens is 2. The lowest BCUT2D eigenvalue weighted by Gasteiger charge is -2.19. The number of carbonyl (C=O) groups excluding carboxylic acids is 1. The Hall–Kier alpha value is -0.580. The van der Waals surface area contributed by atoms with Crippen LogP contribution >= 0.6 is 27.5 Å². The number of likely N-dealkylation sites (tertiary alicyclic amines) is 1. The fraction of sp³-hybridized carbons (Fsp3) is 0.533. The highest BCUT2D eigenvalue weighted by Gasteiger charge is 2.10. The van der Waals surface area contributed by atoms with Crippen LogP contribution in [0.4, 0.5) is 0 Å². The van der Waals surface area contributed by atoms with Crippen molar-refractivity contribution >= 4 is 33.4 Å². The van der Waals surface area contributed by atoms with Crippen LogP contribution in [0.15, 0.2) is 22.7 Å². The summed E-state index contributed by atoms with van der Waals surface area (Å²) in [6.07, 6.45) is 5.22. The van der Waals surface area contributed by atoms with Gasteiger partial charge in [-0.25, -0.2) is 0 Å². The standard InChI is InChI=1S/C15H20BrClN2O/c16-13-6-5-12(11-14(13)17)15(20)18-7-10-19-8-3-1-2-4-9-19/h5-6,11H,1-4,7-10H2,(H,18,20). The van der Waals surface area contributed by atoms with Gasteiger partial charge in [0.25, 0.3) is 5.91 Å². The molecule has 1 N–H and O–H groups in total. The van der Waals surface area contributed by atoms with Crippen molar-refractivity contribution in [3.8, 4) is 0 Å². The first-order valence-corrected chi connectivity index (χ1v) is 8.29. The molecular weight excluding hydrogens is 340 g/mol. The SMILES string of the molecule is O=C(NCCN1CCCCCC1)c1ccc(Br)c(Cl)c1. The first-order valence-electron chi connectivity index (χ1n) is 7.12. The highest BCUT2D eigenvalue weighted by molar-refractivity contribution is 9.10. The predicted molar refractivity (Wildman–Crippen MR) is 86.4 cm³/mol. The monoisotopic (exact) mass is 358 g/mol. The van der Waals surface area contributed by atoms with Gasteiger partial charge in [-0.15, -0.1) is 0 Å². The van der Waals surface area contributed by atoms with Crippen LogP contribution < -0.4 is 5.32 Å². The Bertz CT molecular complexity index is 459. The molecule has 1 saturated heterocycles. The fourth-order valence-corrected chi connectivity index (χ4v) is 2.85. The first kappa shape index (κ1) is 15.8. The zero-order valence-corrected chi connectivity index (χ0v) is 13.8. The van der Waals surface area contributed by atoms with Crippen molar-refractivity contribution in [2.45, 2.75) is 25.7 Å². The third kappa shape index (κ3) is 4.76. The van der Waals surface area contributed by atoms with Gasteiger partial charge in [-0.1, -0.05) is 24.4 Å². The third-order valence-electron chi connectivity index (χ3n) is 3.59. The summed E-state index contributed by atoms with van der Waals surface area (Å²) in [4.78, 5) is 14.4. The number of rotatable bonds is 4. The Kier molecular flexibility index (Phi) is 6.33. The van der Waals surface area contributed by atoms with E-state index in [2.05, 4.69) is 26.1 Å². The molecule has 0 unspecified atom stereocenters.